The second kappa shape index (κ2) is 3.20. The standard InChI is InChI=1S/C12H12N4/c1-8-3-9-4-11(13-6-12(9)15-8)10-5-14-16(2)7-10/h3-7,15H,1-2H3. The molecule has 0 spiro atoms. The molecule has 3 heterocycles. The number of aromatic nitrogens is 4. The Kier molecular flexibility index (Phi) is 1.83. The first-order valence-electron chi connectivity index (χ1n) is 5.17. The lowest BCUT2D eigenvalue weighted by Gasteiger charge is -1.95. The fourth-order valence-electron chi connectivity index (χ4n) is 1.89. The van der Waals surface area contributed by atoms with Crippen molar-refractivity contribution in [2.24, 2.45) is 7.05 Å². The van der Waals surface area contributed by atoms with Gasteiger partial charge >= 0.3 is 0 Å². The van der Waals surface area contributed by atoms with Crippen LogP contribution in [0.3, 0.4) is 0 Å². The summed E-state index contributed by atoms with van der Waals surface area (Å²) in [5, 5.41) is 5.33. The molecule has 0 saturated carbocycles. The van der Waals surface area contributed by atoms with E-state index in [1.807, 2.05) is 32.6 Å². The number of nitrogens with one attached hydrogen (secondary N) is 1. The molecular formula is C12H12N4. The van der Waals surface area contributed by atoms with Crippen LogP contribution in [-0.4, -0.2) is 19.7 Å². The van der Waals surface area contributed by atoms with Gasteiger partial charge in [0.1, 0.15) is 0 Å². The molecule has 0 unspecified atom stereocenters. The van der Waals surface area contributed by atoms with Gasteiger partial charge in [-0.2, -0.15) is 5.10 Å². The van der Waals surface area contributed by atoms with Crippen LogP contribution in [0.1, 0.15) is 5.69 Å². The summed E-state index contributed by atoms with van der Waals surface area (Å²) in [6.45, 7) is 2.05. The predicted octanol–water partition coefficient (Wildman–Crippen LogP) is 2.27. The fraction of sp³-hybridized carbons (Fsp3) is 0.167. The predicted molar refractivity (Wildman–Crippen MR) is 63.0 cm³/mol. The zero-order chi connectivity index (χ0) is 11.1. The fourth-order valence-corrected chi connectivity index (χ4v) is 1.89. The molecule has 0 amide bonds. The van der Waals surface area contributed by atoms with E-state index in [4.69, 9.17) is 0 Å². The van der Waals surface area contributed by atoms with Crippen molar-refractivity contribution in [3.8, 4) is 11.3 Å². The smallest absolute Gasteiger partial charge is 0.0741 e. The van der Waals surface area contributed by atoms with Crippen LogP contribution < -0.4 is 0 Å². The first-order chi connectivity index (χ1) is 7.72. The van der Waals surface area contributed by atoms with Crippen LogP contribution in [-0.2, 0) is 7.05 Å². The van der Waals surface area contributed by atoms with Gasteiger partial charge in [0.25, 0.3) is 0 Å². The van der Waals surface area contributed by atoms with Gasteiger partial charge in [0.05, 0.1) is 23.6 Å². The minimum absolute atomic E-state index is 0.958. The summed E-state index contributed by atoms with van der Waals surface area (Å²) < 4.78 is 1.78. The number of aryl methyl sites for hydroxylation is 2. The zero-order valence-corrected chi connectivity index (χ0v) is 9.23. The van der Waals surface area contributed by atoms with Crippen molar-refractivity contribution in [2.75, 3.05) is 0 Å². The Hall–Kier alpha value is -2.10. The summed E-state index contributed by atoms with van der Waals surface area (Å²) in [6.07, 6.45) is 5.66. The van der Waals surface area contributed by atoms with Gasteiger partial charge in [0.2, 0.25) is 0 Å². The molecule has 16 heavy (non-hydrogen) atoms. The monoisotopic (exact) mass is 212 g/mol. The Morgan fingerprint density at radius 1 is 1.25 bits per heavy atom. The molecule has 0 saturated heterocycles. The minimum Gasteiger partial charge on any atom is -0.357 e. The maximum atomic E-state index is 4.42. The number of aromatic amines is 1. The van der Waals surface area contributed by atoms with Crippen molar-refractivity contribution in [2.45, 2.75) is 6.92 Å². The molecule has 0 aromatic carbocycles. The summed E-state index contributed by atoms with van der Waals surface area (Å²) in [6, 6.07) is 4.20. The number of H-pyrrole nitrogens is 1. The van der Waals surface area contributed by atoms with Crippen LogP contribution in [0.5, 0.6) is 0 Å². The Labute approximate surface area is 92.9 Å². The van der Waals surface area contributed by atoms with Gasteiger partial charge in [-0.25, -0.2) is 0 Å². The van der Waals surface area contributed by atoms with E-state index in [1.165, 1.54) is 5.39 Å². The first kappa shape index (κ1) is 9.15. The zero-order valence-electron chi connectivity index (χ0n) is 9.23. The molecule has 0 fully saturated rings. The Morgan fingerprint density at radius 2 is 2.12 bits per heavy atom. The third kappa shape index (κ3) is 1.39. The lowest BCUT2D eigenvalue weighted by Crippen LogP contribution is -1.84. The molecule has 3 aromatic heterocycles. The van der Waals surface area contributed by atoms with Crippen molar-refractivity contribution in [3.05, 3.63) is 36.4 Å². The van der Waals surface area contributed by atoms with Gasteiger partial charge in [0.15, 0.2) is 0 Å². The number of rotatable bonds is 1. The van der Waals surface area contributed by atoms with Crippen LogP contribution in [0.4, 0.5) is 0 Å². The minimum atomic E-state index is 0.958. The van der Waals surface area contributed by atoms with Gasteiger partial charge in [-0.05, 0) is 19.1 Å². The summed E-state index contributed by atoms with van der Waals surface area (Å²) in [5.41, 5.74) is 4.23. The van der Waals surface area contributed by atoms with E-state index in [0.29, 0.717) is 0 Å². The van der Waals surface area contributed by atoms with E-state index < -0.39 is 0 Å². The van der Waals surface area contributed by atoms with Crippen molar-refractivity contribution >= 4 is 10.9 Å². The van der Waals surface area contributed by atoms with Crippen LogP contribution in [0.15, 0.2) is 30.7 Å². The molecule has 3 aromatic rings. The molecule has 4 nitrogen and oxygen atoms in total. The lowest BCUT2D eigenvalue weighted by molar-refractivity contribution is 0.768. The molecule has 4 heteroatoms. The van der Waals surface area contributed by atoms with Gasteiger partial charge < -0.3 is 4.98 Å². The number of hydrogen-bond donors (Lipinski definition) is 1. The Balaban J connectivity index is 2.17. The summed E-state index contributed by atoms with van der Waals surface area (Å²) in [5.74, 6) is 0. The summed E-state index contributed by atoms with van der Waals surface area (Å²) in [4.78, 5) is 7.68. The van der Waals surface area contributed by atoms with Crippen molar-refractivity contribution < 1.29 is 0 Å². The number of pyridine rings is 1. The van der Waals surface area contributed by atoms with E-state index in [2.05, 4.69) is 27.2 Å². The maximum Gasteiger partial charge on any atom is 0.0741 e. The average Bonchev–Trinajstić information content (AvgIpc) is 2.81. The van der Waals surface area contributed by atoms with Crippen molar-refractivity contribution in [3.63, 3.8) is 0 Å². The van der Waals surface area contributed by atoms with Crippen molar-refractivity contribution in [1.82, 2.24) is 19.7 Å². The summed E-state index contributed by atoms with van der Waals surface area (Å²) in [7, 11) is 1.91. The molecule has 80 valence electrons. The molecule has 0 atom stereocenters. The highest BCUT2D eigenvalue weighted by Crippen LogP contribution is 2.21. The Morgan fingerprint density at radius 3 is 2.88 bits per heavy atom. The third-order valence-corrected chi connectivity index (χ3v) is 2.64. The van der Waals surface area contributed by atoms with E-state index in [1.54, 1.807) is 4.68 Å². The van der Waals surface area contributed by atoms with Crippen molar-refractivity contribution in [1.29, 1.82) is 0 Å². The van der Waals surface area contributed by atoms with Gasteiger partial charge in [-0.1, -0.05) is 0 Å². The van der Waals surface area contributed by atoms with E-state index in [-0.39, 0.29) is 0 Å². The van der Waals surface area contributed by atoms with Gasteiger partial charge in [-0.3, -0.25) is 9.67 Å². The topological polar surface area (TPSA) is 46.5 Å². The molecule has 0 aliphatic heterocycles. The van der Waals surface area contributed by atoms with Crippen LogP contribution in [0, 0.1) is 6.92 Å². The molecule has 3 rings (SSSR count). The average molecular weight is 212 g/mol. The quantitative estimate of drug-likeness (QED) is 0.672. The molecule has 1 N–H and O–H groups in total. The van der Waals surface area contributed by atoms with Gasteiger partial charge in [-0.15, -0.1) is 0 Å². The second-order valence-electron chi connectivity index (χ2n) is 4.01. The largest absolute Gasteiger partial charge is 0.357 e. The maximum absolute atomic E-state index is 4.42. The normalized spacial score (nSPS) is 11.1. The van der Waals surface area contributed by atoms with Crippen LogP contribution in [0.25, 0.3) is 22.2 Å². The van der Waals surface area contributed by atoms with E-state index in [9.17, 15) is 0 Å². The number of fused-ring (bicyclic) bond motifs is 1. The molecular weight excluding hydrogens is 200 g/mol. The molecule has 0 bridgehead atoms. The number of nitrogens with zero attached hydrogens (tertiary/aromatic N) is 3. The number of hydrogen-bond acceptors (Lipinski definition) is 2. The van der Waals surface area contributed by atoms with Crippen LogP contribution >= 0.6 is 0 Å². The van der Waals surface area contributed by atoms with E-state index in [0.717, 1.165) is 22.5 Å². The highest BCUT2D eigenvalue weighted by Gasteiger charge is 2.04. The SMILES string of the molecule is Cc1cc2cc(-c3cnn(C)c3)ncc2[nH]1. The first-order valence-corrected chi connectivity index (χ1v) is 5.17. The second-order valence-corrected chi connectivity index (χ2v) is 4.01. The van der Waals surface area contributed by atoms with E-state index >= 15 is 0 Å². The lowest BCUT2D eigenvalue weighted by atomic mass is 10.2. The molecule has 0 aliphatic rings. The molecule has 0 aliphatic carbocycles. The van der Waals surface area contributed by atoms with Gasteiger partial charge in [0, 0.05) is 29.9 Å². The Bertz CT molecular complexity index is 648. The highest BCUT2D eigenvalue weighted by molar-refractivity contribution is 5.83. The third-order valence-electron chi connectivity index (χ3n) is 2.64. The van der Waals surface area contributed by atoms with Crippen LogP contribution in [0.2, 0.25) is 0 Å². The molecule has 0 radical (unpaired) electrons. The highest BCUT2D eigenvalue weighted by atomic mass is 15.2. The summed E-state index contributed by atoms with van der Waals surface area (Å²) >= 11 is 0.